The summed E-state index contributed by atoms with van der Waals surface area (Å²) >= 11 is 0. The van der Waals surface area contributed by atoms with E-state index in [9.17, 15) is 18.0 Å². The summed E-state index contributed by atoms with van der Waals surface area (Å²) in [6.07, 6.45) is -4.53. The predicted octanol–water partition coefficient (Wildman–Crippen LogP) is 4.12. The minimum atomic E-state index is -4.53. The molecule has 2 aromatic rings. The molecule has 0 spiro atoms. The minimum Gasteiger partial charge on any atom is -0.497 e. The third-order valence-electron chi connectivity index (χ3n) is 4.27. The summed E-state index contributed by atoms with van der Waals surface area (Å²) in [7, 11) is 6.76. The SMILES string of the molecule is COc1ccc(CNC(=O)N(C)Cc2ccc(N(C)C)cc2)c(C(F)(F)F)c1. The van der Waals surface area contributed by atoms with Gasteiger partial charge in [-0.3, -0.25) is 0 Å². The van der Waals surface area contributed by atoms with E-state index in [1.54, 1.807) is 7.05 Å². The van der Waals surface area contributed by atoms with Gasteiger partial charge >= 0.3 is 12.2 Å². The van der Waals surface area contributed by atoms with Crippen molar-refractivity contribution in [2.75, 3.05) is 33.2 Å². The summed E-state index contributed by atoms with van der Waals surface area (Å²) in [5.41, 5.74) is 1.11. The highest BCUT2D eigenvalue weighted by Crippen LogP contribution is 2.34. The Kier molecular flexibility index (Phi) is 6.77. The van der Waals surface area contributed by atoms with Crippen LogP contribution >= 0.6 is 0 Å². The smallest absolute Gasteiger partial charge is 0.416 e. The number of nitrogens with zero attached hydrogens (tertiary/aromatic N) is 2. The molecule has 2 aromatic carbocycles. The third-order valence-corrected chi connectivity index (χ3v) is 4.27. The van der Waals surface area contributed by atoms with Gasteiger partial charge in [-0.2, -0.15) is 13.2 Å². The van der Waals surface area contributed by atoms with Gasteiger partial charge in [0.05, 0.1) is 12.7 Å². The first-order valence-corrected chi connectivity index (χ1v) is 8.61. The summed E-state index contributed by atoms with van der Waals surface area (Å²) in [5, 5.41) is 2.54. The van der Waals surface area contributed by atoms with Crippen molar-refractivity contribution in [2.45, 2.75) is 19.3 Å². The number of nitrogens with one attached hydrogen (secondary N) is 1. The zero-order chi connectivity index (χ0) is 20.9. The Morgan fingerprint density at radius 3 is 2.25 bits per heavy atom. The van der Waals surface area contributed by atoms with Crippen LogP contribution in [0.4, 0.5) is 23.7 Å². The highest BCUT2D eigenvalue weighted by molar-refractivity contribution is 5.74. The van der Waals surface area contributed by atoms with Crippen LogP contribution in [0.2, 0.25) is 0 Å². The van der Waals surface area contributed by atoms with Crippen molar-refractivity contribution in [1.29, 1.82) is 0 Å². The number of carbonyl (C=O) groups excluding carboxylic acids is 1. The molecular weight excluding hydrogens is 371 g/mol. The molecule has 0 aromatic heterocycles. The molecule has 152 valence electrons. The third kappa shape index (κ3) is 5.55. The highest BCUT2D eigenvalue weighted by atomic mass is 19.4. The fraction of sp³-hybridized carbons (Fsp3) is 0.350. The van der Waals surface area contributed by atoms with Gasteiger partial charge in [-0.15, -0.1) is 0 Å². The number of halogens is 3. The second-order valence-corrected chi connectivity index (χ2v) is 6.60. The monoisotopic (exact) mass is 395 g/mol. The van der Waals surface area contributed by atoms with Crippen LogP contribution in [-0.2, 0) is 19.3 Å². The van der Waals surface area contributed by atoms with Crippen LogP contribution in [0.5, 0.6) is 5.75 Å². The molecule has 0 saturated heterocycles. The number of hydrogen-bond donors (Lipinski definition) is 1. The van der Waals surface area contributed by atoms with Crippen LogP contribution in [0.3, 0.4) is 0 Å². The Balaban J connectivity index is 2.01. The van der Waals surface area contributed by atoms with Gasteiger partial charge in [0.1, 0.15) is 5.75 Å². The molecule has 0 bridgehead atoms. The first-order chi connectivity index (χ1) is 13.1. The van der Waals surface area contributed by atoms with Crippen LogP contribution in [0.1, 0.15) is 16.7 Å². The maximum atomic E-state index is 13.2. The number of alkyl halides is 3. The van der Waals surface area contributed by atoms with Crippen LogP contribution in [0, 0.1) is 0 Å². The molecule has 28 heavy (non-hydrogen) atoms. The van der Waals surface area contributed by atoms with Crippen LogP contribution in [0.15, 0.2) is 42.5 Å². The second-order valence-electron chi connectivity index (χ2n) is 6.60. The Morgan fingerprint density at radius 2 is 1.71 bits per heavy atom. The number of amides is 2. The van der Waals surface area contributed by atoms with E-state index in [4.69, 9.17) is 4.74 Å². The molecule has 5 nitrogen and oxygen atoms in total. The molecule has 0 radical (unpaired) electrons. The van der Waals surface area contributed by atoms with Crippen LogP contribution in [0.25, 0.3) is 0 Å². The number of urea groups is 1. The number of benzene rings is 2. The van der Waals surface area contributed by atoms with Gasteiger partial charge in [0.25, 0.3) is 0 Å². The topological polar surface area (TPSA) is 44.8 Å². The average Bonchev–Trinajstić information content (AvgIpc) is 2.65. The van der Waals surface area contributed by atoms with Gasteiger partial charge in [0.2, 0.25) is 0 Å². The molecule has 0 atom stereocenters. The number of methoxy groups -OCH3 is 1. The lowest BCUT2D eigenvalue weighted by Crippen LogP contribution is -2.36. The maximum Gasteiger partial charge on any atom is 0.416 e. The molecule has 0 unspecified atom stereocenters. The van der Waals surface area contributed by atoms with Crippen LogP contribution in [-0.4, -0.2) is 39.2 Å². The summed E-state index contributed by atoms with van der Waals surface area (Å²) in [6.45, 7) is 0.107. The van der Waals surface area contributed by atoms with Crippen molar-refractivity contribution in [2.24, 2.45) is 0 Å². The van der Waals surface area contributed by atoms with E-state index >= 15 is 0 Å². The number of hydrogen-bond acceptors (Lipinski definition) is 3. The van der Waals surface area contributed by atoms with Gasteiger partial charge in [0.15, 0.2) is 0 Å². The van der Waals surface area contributed by atoms with E-state index < -0.39 is 17.8 Å². The molecule has 0 heterocycles. The standard InChI is InChI=1S/C20H24F3N3O2/c1-25(2)16-8-5-14(6-9-16)13-26(3)19(27)24-12-15-7-10-17(28-4)11-18(15)20(21,22)23/h5-11H,12-13H2,1-4H3,(H,24,27). The lowest BCUT2D eigenvalue weighted by atomic mass is 10.1. The van der Waals surface area contributed by atoms with Gasteiger partial charge in [-0.1, -0.05) is 18.2 Å². The minimum absolute atomic E-state index is 0.0228. The molecular formula is C20H24F3N3O2. The van der Waals surface area contributed by atoms with E-state index in [1.165, 1.54) is 24.1 Å². The van der Waals surface area contributed by atoms with E-state index in [2.05, 4.69) is 5.32 Å². The first-order valence-electron chi connectivity index (χ1n) is 8.61. The quantitative estimate of drug-likeness (QED) is 0.800. The molecule has 0 fully saturated rings. The fourth-order valence-electron chi connectivity index (χ4n) is 2.65. The zero-order valence-electron chi connectivity index (χ0n) is 16.3. The summed E-state index contributed by atoms with van der Waals surface area (Å²) in [5.74, 6) is 0.112. The Hall–Kier alpha value is -2.90. The largest absolute Gasteiger partial charge is 0.497 e. The van der Waals surface area contributed by atoms with Crippen molar-refractivity contribution < 1.29 is 22.7 Å². The molecule has 2 rings (SSSR count). The number of ether oxygens (including phenoxy) is 1. The van der Waals surface area contributed by atoms with Crippen molar-refractivity contribution in [3.63, 3.8) is 0 Å². The van der Waals surface area contributed by atoms with Gasteiger partial charge in [0, 0.05) is 39.9 Å². The van der Waals surface area contributed by atoms with Gasteiger partial charge in [-0.05, 0) is 35.4 Å². The van der Waals surface area contributed by atoms with Crippen molar-refractivity contribution >= 4 is 11.7 Å². The van der Waals surface area contributed by atoms with E-state index in [0.717, 1.165) is 17.3 Å². The number of carbonyl (C=O) groups is 1. The lowest BCUT2D eigenvalue weighted by Gasteiger charge is -2.20. The van der Waals surface area contributed by atoms with E-state index in [-0.39, 0.29) is 17.9 Å². The molecule has 0 aliphatic heterocycles. The van der Waals surface area contributed by atoms with Crippen LogP contribution < -0.4 is 15.0 Å². The van der Waals surface area contributed by atoms with Gasteiger partial charge < -0.3 is 19.9 Å². The fourth-order valence-corrected chi connectivity index (χ4v) is 2.65. The summed E-state index contributed by atoms with van der Waals surface area (Å²) in [6, 6.07) is 10.9. The lowest BCUT2D eigenvalue weighted by molar-refractivity contribution is -0.138. The molecule has 0 aliphatic carbocycles. The predicted molar refractivity (Wildman–Crippen MR) is 102 cm³/mol. The first kappa shape index (κ1) is 21.4. The van der Waals surface area contributed by atoms with E-state index in [1.807, 2.05) is 43.3 Å². The Labute approximate surface area is 162 Å². The molecule has 1 N–H and O–H groups in total. The Bertz CT molecular complexity index is 805. The maximum absolute atomic E-state index is 13.2. The highest BCUT2D eigenvalue weighted by Gasteiger charge is 2.33. The Morgan fingerprint density at radius 1 is 1.07 bits per heavy atom. The summed E-state index contributed by atoms with van der Waals surface area (Å²) in [4.78, 5) is 15.7. The zero-order valence-corrected chi connectivity index (χ0v) is 16.3. The number of anilines is 1. The normalized spacial score (nSPS) is 11.1. The van der Waals surface area contributed by atoms with Crippen molar-refractivity contribution in [3.8, 4) is 5.75 Å². The molecule has 0 saturated carbocycles. The number of rotatable bonds is 6. The molecule has 8 heteroatoms. The molecule has 0 aliphatic rings. The summed E-state index contributed by atoms with van der Waals surface area (Å²) < 4.78 is 44.6. The second kappa shape index (κ2) is 8.86. The van der Waals surface area contributed by atoms with Gasteiger partial charge in [-0.25, -0.2) is 4.79 Å². The van der Waals surface area contributed by atoms with Crippen molar-refractivity contribution in [1.82, 2.24) is 10.2 Å². The van der Waals surface area contributed by atoms with E-state index in [0.29, 0.717) is 6.54 Å². The average molecular weight is 395 g/mol. The molecule has 2 amide bonds. The van der Waals surface area contributed by atoms with Crippen molar-refractivity contribution in [3.05, 3.63) is 59.2 Å².